The maximum atomic E-state index is 12.1. The van der Waals surface area contributed by atoms with Crippen molar-refractivity contribution in [3.63, 3.8) is 0 Å². The van der Waals surface area contributed by atoms with Crippen molar-refractivity contribution in [1.82, 2.24) is 14.7 Å². The highest BCUT2D eigenvalue weighted by Gasteiger charge is 2.26. The second kappa shape index (κ2) is 6.02. The number of nitrogens with zero attached hydrogens (tertiary/aromatic N) is 3. The molecule has 0 radical (unpaired) electrons. The number of piperazine rings is 1. The molecule has 2 saturated heterocycles. The molecule has 4 heteroatoms. The highest BCUT2D eigenvalue weighted by molar-refractivity contribution is 5.78. The van der Waals surface area contributed by atoms with Gasteiger partial charge in [0.05, 0.1) is 6.54 Å². The number of rotatable bonds is 3. The van der Waals surface area contributed by atoms with Crippen LogP contribution in [0.2, 0.25) is 0 Å². The topological polar surface area (TPSA) is 26.8 Å². The minimum atomic E-state index is 0.331. The first kappa shape index (κ1) is 13.8. The highest BCUT2D eigenvalue weighted by Crippen LogP contribution is 2.15. The molecule has 0 spiro atoms. The standard InChI is InChI=1S/C14H27N3O/c1-12(2)16-8-6-15(7-9-16)11-14(18)17-5-4-13(3)10-17/h12-13H,4-11H2,1-3H3. The minimum absolute atomic E-state index is 0.331. The molecule has 104 valence electrons. The van der Waals surface area contributed by atoms with Crippen molar-refractivity contribution < 1.29 is 4.79 Å². The second-order valence-electron chi connectivity index (χ2n) is 6.14. The summed E-state index contributed by atoms with van der Waals surface area (Å²) in [5.74, 6) is 1.02. The van der Waals surface area contributed by atoms with Crippen molar-refractivity contribution in [2.24, 2.45) is 5.92 Å². The largest absolute Gasteiger partial charge is 0.341 e. The van der Waals surface area contributed by atoms with Gasteiger partial charge in [-0.15, -0.1) is 0 Å². The first-order chi connectivity index (χ1) is 8.56. The molecule has 1 unspecified atom stereocenters. The first-order valence-corrected chi connectivity index (χ1v) is 7.30. The van der Waals surface area contributed by atoms with E-state index in [1.807, 2.05) is 4.90 Å². The maximum Gasteiger partial charge on any atom is 0.236 e. The number of hydrogen-bond acceptors (Lipinski definition) is 3. The van der Waals surface area contributed by atoms with Crippen LogP contribution in [-0.4, -0.2) is 72.5 Å². The van der Waals surface area contributed by atoms with Crippen molar-refractivity contribution in [2.75, 3.05) is 45.8 Å². The van der Waals surface area contributed by atoms with Gasteiger partial charge in [-0.25, -0.2) is 0 Å². The highest BCUT2D eigenvalue weighted by atomic mass is 16.2. The van der Waals surface area contributed by atoms with E-state index in [1.54, 1.807) is 0 Å². The molecule has 0 N–H and O–H groups in total. The zero-order valence-electron chi connectivity index (χ0n) is 12.1. The Bertz CT molecular complexity index is 285. The lowest BCUT2D eigenvalue weighted by Gasteiger charge is -2.37. The van der Waals surface area contributed by atoms with Crippen molar-refractivity contribution in [2.45, 2.75) is 33.2 Å². The van der Waals surface area contributed by atoms with E-state index in [0.29, 0.717) is 24.4 Å². The van der Waals surface area contributed by atoms with E-state index in [-0.39, 0.29) is 0 Å². The lowest BCUT2D eigenvalue weighted by atomic mass is 10.2. The first-order valence-electron chi connectivity index (χ1n) is 7.30. The van der Waals surface area contributed by atoms with Gasteiger partial charge in [-0.3, -0.25) is 14.6 Å². The lowest BCUT2D eigenvalue weighted by molar-refractivity contribution is -0.132. The average molecular weight is 253 g/mol. The number of carbonyl (C=O) groups is 1. The molecule has 2 heterocycles. The Kier molecular flexibility index (Phi) is 4.62. The molecule has 1 amide bonds. The number of likely N-dealkylation sites (tertiary alicyclic amines) is 1. The average Bonchev–Trinajstić information content (AvgIpc) is 2.76. The summed E-state index contributed by atoms with van der Waals surface area (Å²) in [6.07, 6.45) is 1.17. The molecule has 0 aromatic carbocycles. The second-order valence-corrected chi connectivity index (χ2v) is 6.14. The molecule has 0 aromatic rings. The number of hydrogen-bond donors (Lipinski definition) is 0. The zero-order chi connectivity index (χ0) is 13.1. The van der Waals surface area contributed by atoms with Gasteiger partial charge < -0.3 is 4.90 Å². The Labute approximate surface area is 111 Å². The molecule has 18 heavy (non-hydrogen) atoms. The molecule has 2 rings (SSSR count). The van der Waals surface area contributed by atoms with E-state index in [1.165, 1.54) is 6.42 Å². The molecule has 0 bridgehead atoms. The molecule has 2 aliphatic rings. The Morgan fingerprint density at radius 2 is 1.83 bits per heavy atom. The van der Waals surface area contributed by atoms with Crippen molar-refractivity contribution in [1.29, 1.82) is 0 Å². The summed E-state index contributed by atoms with van der Waals surface area (Å²) in [4.78, 5) is 19.0. The fraction of sp³-hybridized carbons (Fsp3) is 0.929. The van der Waals surface area contributed by atoms with E-state index in [0.717, 1.165) is 39.3 Å². The fourth-order valence-electron chi connectivity index (χ4n) is 2.89. The Morgan fingerprint density at radius 1 is 1.17 bits per heavy atom. The lowest BCUT2D eigenvalue weighted by Crippen LogP contribution is -2.51. The van der Waals surface area contributed by atoms with Crippen molar-refractivity contribution in [3.05, 3.63) is 0 Å². The van der Waals surface area contributed by atoms with Gasteiger partial charge >= 0.3 is 0 Å². The van der Waals surface area contributed by atoms with Gasteiger partial charge in [-0.05, 0) is 26.2 Å². The van der Waals surface area contributed by atoms with E-state index in [2.05, 4.69) is 30.6 Å². The van der Waals surface area contributed by atoms with E-state index in [4.69, 9.17) is 0 Å². The summed E-state index contributed by atoms with van der Waals surface area (Å²) >= 11 is 0. The fourth-order valence-corrected chi connectivity index (χ4v) is 2.89. The third-order valence-corrected chi connectivity index (χ3v) is 4.27. The smallest absolute Gasteiger partial charge is 0.236 e. The molecule has 0 aliphatic carbocycles. The van der Waals surface area contributed by atoms with Crippen LogP contribution in [0, 0.1) is 5.92 Å². The van der Waals surface area contributed by atoms with Crippen LogP contribution in [-0.2, 0) is 4.79 Å². The summed E-state index contributed by atoms with van der Waals surface area (Å²) in [6, 6.07) is 0.627. The van der Waals surface area contributed by atoms with Gasteiger partial charge in [-0.2, -0.15) is 0 Å². The van der Waals surface area contributed by atoms with E-state index < -0.39 is 0 Å². The van der Waals surface area contributed by atoms with Crippen LogP contribution in [0.5, 0.6) is 0 Å². The third kappa shape index (κ3) is 3.45. The van der Waals surface area contributed by atoms with E-state index >= 15 is 0 Å². The SMILES string of the molecule is CC1CCN(C(=O)CN2CCN(C(C)C)CC2)C1. The number of carbonyl (C=O) groups excluding carboxylic acids is 1. The molecule has 0 saturated carbocycles. The molecular weight excluding hydrogens is 226 g/mol. The summed E-state index contributed by atoms with van der Waals surface area (Å²) in [5, 5.41) is 0. The van der Waals surface area contributed by atoms with Crippen molar-refractivity contribution in [3.8, 4) is 0 Å². The molecule has 2 aliphatic heterocycles. The summed E-state index contributed by atoms with van der Waals surface area (Å²) in [5.41, 5.74) is 0. The number of amides is 1. The Balaban J connectivity index is 1.73. The zero-order valence-corrected chi connectivity index (χ0v) is 12.1. The van der Waals surface area contributed by atoms with Gasteiger partial charge in [-0.1, -0.05) is 6.92 Å². The Hall–Kier alpha value is -0.610. The minimum Gasteiger partial charge on any atom is -0.341 e. The van der Waals surface area contributed by atoms with E-state index in [9.17, 15) is 4.79 Å². The monoisotopic (exact) mass is 253 g/mol. The van der Waals surface area contributed by atoms with Crippen LogP contribution in [0.4, 0.5) is 0 Å². The van der Waals surface area contributed by atoms with Gasteiger partial charge in [0.15, 0.2) is 0 Å². The Morgan fingerprint density at radius 3 is 2.33 bits per heavy atom. The van der Waals surface area contributed by atoms with Crippen LogP contribution < -0.4 is 0 Å². The summed E-state index contributed by atoms with van der Waals surface area (Å²) < 4.78 is 0. The summed E-state index contributed by atoms with van der Waals surface area (Å²) in [6.45, 7) is 13.5. The molecule has 0 aromatic heterocycles. The predicted octanol–water partition coefficient (Wildman–Crippen LogP) is 0.881. The summed E-state index contributed by atoms with van der Waals surface area (Å²) in [7, 11) is 0. The van der Waals surface area contributed by atoms with Crippen LogP contribution in [0.3, 0.4) is 0 Å². The van der Waals surface area contributed by atoms with Gasteiger partial charge in [0.1, 0.15) is 0 Å². The molecule has 1 atom stereocenters. The molecular formula is C14H27N3O. The van der Waals surface area contributed by atoms with Gasteiger partial charge in [0.25, 0.3) is 0 Å². The third-order valence-electron chi connectivity index (χ3n) is 4.27. The van der Waals surface area contributed by atoms with Crippen LogP contribution in [0.1, 0.15) is 27.2 Å². The predicted molar refractivity (Wildman–Crippen MR) is 73.5 cm³/mol. The molecule has 2 fully saturated rings. The van der Waals surface area contributed by atoms with Crippen LogP contribution >= 0.6 is 0 Å². The quantitative estimate of drug-likeness (QED) is 0.747. The van der Waals surface area contributed by atoms with Crippen molar-refractivity contribution >= 4 is 5.91 Å². The normalized spacial score (nSPS) is 27.1. The maximum absolute atomic E-state index is 12.1. The van der Waals surface area contributed by atoms with Crippen LogP contribution in [0.25, 0.3) is 0 Å². The van der Waals surface area contributed by atoms with Gasteiger partial charge in [0, 0.05) is 45.3 Å². The van der Waals surface area contributed by atoms with Gasteiger partial charge in [0.2, 0.25) is 5.91 Å². The van der Waals surface area contributed by atoms with Crippen LogP contribution in [0.15, 0.2) is 0 Å². The molecule has 4 nitrogen and oxygen atoms in total.